The van der Waals surface area contributed by atoms with Gasteiger partial charge in [-0.15, -0.1) is 0 Å². The molecule has 1 rings (SSSR count). The van der Waals surface area contributed by atoms with E-state index in [1.54, 1.807) is 11.9 Å². The van der Waals surface area contributed by atoms with E-state index in [2.05, 4.69) is 0 Å². The standard InChI is InChI=1S/C14H18F3NO2/c1-5-13(2,3)18(4)9-6-7-10(12(19)20)11(8-9)14(15,16)17/h6-8H,5H2,1-4H3,(H,19,20). The lowest BCUT2D eigenvalue weighted by atomic mass is 9.97. The van der Waals surface area contributed by atoms with Crippen molar-refractivity contribution in [2.24, 2.45) is 0 Å². The van der Waals surface area contributed by atoms with Crippen LogP contribution >= 0.6 is 0 Å². The van der Waals surface area contributed by atoms with Crippen molar-refractivity contribution < 1.29 is 23.1 Å². The highest BCUT2D eigenvalue weighted by Gasteiger charge is 2.36. The first-order valence-electron chi connectivity index (χ1n) is 6.19. The van der Waals surface area contributed by atoms with E-state index in [9.17, 15) is 18.0 Å². The molecule has 0 aromatic heterocycles. The predicted molar refractivity (Wildman–Crippen MR) is 71.2 cm³/mol. The molecule has 3 nitrogen and oxygen atoms in total. The van der Waals surface area contributed by atoms with E-state index in [-0.39, 0.29) is 5.54 Å². The van der Waals surface area contributed by atoms with Gasteiger partial charge in [0.25, 0.3) is 0 Å². The summed E-state index contributed by atoms with van der Waals surface area (Å²) < 4.78 is 38.8. The van der Waals surface area contributed by atoms with Crippen LogP contribution in [-0.2, 0) is 6.18 Å². The minimum Gasteiger partial charge on any atom is -0.478 e. The average Bonchev–Trinajstić information content (AvgIpc) is 2.35. The highest BCUT2D eigenvalue weighted by molar-refractivity contribution is 5.90. The summed E-state index contributed by atoms with van der Waals surface area (Å²) in [5, 5.41) is 8.85. The molecule has 20 heavy (non-hydrogen) atoms. The second-order valence-corrected chi connectivity index (χ2v) is 5.26. The number of rotatable bonds is 4. The number of halogens is 3. The fraction of sp³-hybridized carbons (Fsp3) is 0.500. The van der Waals surface area contributed by atoms with Crippen LogP contribution < -0.4 is 4.90 Å². The number of hydrogen-bond donors (Lipinski definition) is 1. The smallest absolute Gasteiger partial charge is 0.417 e. The summed E-state index contributed by atoms with van der Waals surface area (Å²) in [6.07, 6.45) is -3.95. The fourth-order valence-electron chi connectivity index (χ4n) is 1.75. The molecule has 0 heterocycles. The van der Waals surface area contributed by atoms with E-state index in [1.807, 2.05) is 20.8 Å². The summed E-state index contributed by atoms with van der Waals surface area (Å²) in [7, 11) is 1.69. The average molecular weight is 289 g/mol. The molecule has 0 amide bonds. The van der Waals surface area contributed by atoms with Crippen LogP contribution in [-0.4, -0.2) is 23.7 Å². The molecule has 0 radical (unpaired) electrons. The molecule has 6 heteroatoms. The zero-order chi connectivity index (χ0) is 15.7. The van der Waals surface area contributed by atoms with Crippen molar-refractivity contribution in [3.8, 4) is 0 Å². The van der Waals surface area contributed by atoms with Crippen LogP contribution in [0.3, 0.4) is 0 Å². The molecule has 0 spiro atoms. The van der Waals surface area contributed by atoms with Gasteiger partial charge in [0.15, 0.2) is 0 Å². The molecule has 0 unspecified atom stereocenters. The first-order valence-corrected chi connectivity index (χ1v) is 6.19. The summed E-state index contributed by atoms with van der Waals surface area (Å²) in [6, 6.07) is 3.29. The van der Waals surface area contributed by atoms with Gasteiger partial charge in [-0.05, 0) is 38.5 Å². The maximum atomic E-state index is 12.9. The summed E-state index contributed by atoms with van der Waals surface area (Å²) in [6.45, 7) is 5.75. The normalized spacial score (nSPS) is 12.3. The van der Waals surface area contributed by atoms with Gasteiger partial charge in [-0.25, -0.2) is 4.79 Å². The van der Waals surface area contributed by atoms with Crippen molar-refractivity contribution in [2.75, 3.05) is 11.9 Å². The third-order valence-corrected chi connectivity index (χ3v) is 3.70. The Bertz CT molecular complexity index is 510. The van der Waals surface area contributed by atoms with Gasteiger partial charge in [0.2, 0.25) is 0 Å². The molecule has 0 aliphatic rings. The van der Waals surface area contributed by atoms with E-state index in [4.69, 9.17) is 5.11 Å². The molecule has 0 saturated carbocycles. The Kier molecular flexibility index (Phi) is 4.36. The third kappa shape index (κ3) is 3.23. The summed E-state index contributed by atoms with van der Waals surface area (Å²) in [4.78, 5) is 12.6. The zero-order valence-corrected chi connectivity index (χ0v) is 11.9. The van der Waals surface area contributed by atoms with Gasteiger partial charge in [-0.2, -0.15) is 13.2 Å². The van der Waals surface area contributed by atoms with Crippen molar-refractivity contribution in [1.82, 2.24) is 0 Å². The van der Waals surface area contributed by atoms with Gasteiger partial charge in [0, 0.05) is 18.3 Å². The highest BCUT2D eigenvalue weighted by Crippen LogP contribution is 2.36. The summed E-state index contributed by atoms with van der Waals surface area (Å²) >= 11 is 0. The van der Waals surface area contributed by atoms with E-state index in [0.29, 0.717) is 5.69 Å². The van der Waals surface area contributed by atoms with Crippen molar-refractivity contribution in [3.63, 3.8) is 0 Å². The van der Waals surface area contributed by atoms with Crippen molar-refractivity contribution >= 4 is 11.7 Å². The Morgan fingerprint density at radius 1 is 1.30 bits per heavy atom. The van der Waals surface area contributed by atoms with Crippen LogP contribution in [0.4, 0.5) is 18.9 Å². The van der Waals surface area contributed by atoms with Crippen molar-refractivity contribution in [3.05, 3.63) is 29.3 Å². The number of carboxylic acid groups (broad SMARTS) is 1. The molecule has 0 aliphatic carbocycles. The summed E-state index contributed by atoms with van der Waals surface area (Å²) in [5.74, 6) is -1.58. The van der Waals surface area contributed by atoms with Crippen molar-refractivity contribution in [1.29, 1.82) is 0 Å². The number of aromatic carboxylic acids is 1. The Morgan fingerprint density at radius 3 is 2.25 bits per heavy atom. The van der Waals surface area contributed by atoms with Gasteiger partial charge in [0.1, 0.15) is 0 Å². The maximum Gasteiger partial charge on any atom is 0.417 e. The lowest BCUT2D eigenvalue weighted by Gasteiger charge is -2.37. The minimum atomic E-state index is -4.69. The first kappa shape index (κ1) is 16.3. The molecule has 0 bridgehead atoms. The van der Waals surface area contributed by atoms with Crippen LogP contribution in [0.2, 0.25) is 0 Å². The Morgan fingerprint density at radius 2 is 1.85 bits per heavy atom. The predicted octanol–water partition coefficient (Wildman–Crippen LogP) is 4.03. The first-order chi connectivity index (χ1) is 9.00. The van der Waals surface area contributed by atoms with Crippen LogP contribution in [0.15, 0.2) is 18.2 Å². The maximum absolute atomic E-state index is 12.9. The van der Waals surface area contributed by atoms with E-state index < -0.39 is 23.3 Å². The molecule has 1 aromatic carbocycles. The van der Waals surface area contributed by atoms with Crippen LogP contribution in [0.1, 0.15) is 43.1 Å². The number of anilines is 1. The van der Waals surface area contributed by atoms with E-state index in [1.165, 1.54) is 6.07 Å². The molecular formula is C14H18F3NO2. The molecular weight excluding hydrogens is 271 g/mol. The van der Waals surface area contributed by atoms with Crippen LogP contribution in [0.5, 0.6) is 0 Å². The number of carboxylic acids is 1. The van der Waals surface area contributed by atoms with Crippen molar-refractivity contribution in [2.45, 2.75) is 38.9 Å². The molecule has 0 aliphatic heterocycles. The number of hydrogen-bond acceptors (Lipinski definition) is 2. The summed E-state index contributed by atoms with van der Waals surface area (Å²) in [5.41, 5.74) is -1.84. The Balaban J connectivity index is 3.37. The second kappa shape index (κ2) is 5.34. The van der Waals surface area contributed by atoms with Gasteiger partial charge in [-0.3, -0.25) is 0 Å². The highest BCUT2D eigenvalue weighted by atomic mass is 19.4. The van der Waals surface area contributed by atoms with Crippen LogP contribution in [0.25, 0.3) is 0 Å². The molecule has 0 fully saturated rings. The molecule has 112 valence electrons. The Hall–Kier alpha value is -1.72. The molecule has 1 N–H and O–H groups in total. The molecule has 0 atom stereocenters. The van der Waals surface area contributed by atoms with Gasteiger partial charge < -0.3 is 10.0 Å². The van der Waals surface area contributed by atoms with Gasteiger partial charge in [-0.1, -0.05) is 6.92 Å². The lowest BCUT2D eigenvalue weighted by molar-refractivity contribution is -0.138. The number of carbonyl (C=O) groups is 1. The number of nitrogens with zero attached hydrogens (tertiary/aromatic N) is 1. The van der Waals surface area contributed by atoms with Crippen LogP contribution in [0, 0.1) is 0 Å². The number of alkyl halides is 3. The topological polar surface area (TPSA) is 40.5 Å². The SMILES string of the molecule is CCC(C)(C)N(C)c1ccc(C(=O)O)c(C(F)(F)F)c1. The van der Waals surface area contributed by atoms with Gasteiger partial charge in [0.05, 0.1) is 11.1 Å². The second-order valence-electron chi connectivity index (χ2n) is 5.26. The van der Waals surface area contributed by atoms with E-state index >= 15 is 0 Å². The largest absolute Gasteiger partial charge is 0.478 e. The minimum absolute atomic E-state index is 0.326. The lowest BCUT2D eigenvalue weighted by Crippen LogP contribution is -2.40. The monoisotopic (exact) mass is 289 g/mol. The van der Waals surface area contributed by atoms with Gasteiger partial charge >= 0.3 is 12.1 Å². The molecule has 0 saturated heterocycles. The fourth-order valence-corrected chi connectivity index (χ4v) is 1.75. The Labute approximate surface area is 116 Å². The zero-order valence-electron chi connectivity index (χ0n) is 11.9. The molecule has 1 aromatic rings. The third-order valence-electron chi connectivity index (χ3n) is 3.70. The quantitative estimate of drug-likeness (QED) is 0.909. The number of benzene rings is 1. The van der Waals surface area contributed by atoms with E-state index in [0.717, 1.165) is 18.6 Å².